The summed E-state index contributed by atoms with van der Waals surface area (Å²) in [6, 6.07) is 0. The fourth-order valence-electron chi connectivity index (χ4n) is 2.33. The molecule has 4 heteroatoms. The second kappa shape index (κ2) is 19.7. The first kappa shape index (κ1) is 24.9. The number of esters is 1. The number of rotatable bonds is 14. The van der Waals surface area contributed by atoms with Crippen LogP contribution < -0.4 is 0 Å². The van der Waals surface area contributed by atoms with Gasteiger partial charge in [-0.15, -0.1) is 0 Å². The molecule has 0 aromatic carbocycles. The van der Waals surface area contributed by atoms with Crippen LogP contribution in [0, 0.1) is 5.92 Å². The first-order chi connectivity index (χ1) is 11.5. The second-order valence-corrected chi connectivity index (χ2v) is 6.11. The van der Waals surface area contributed by atoms with Crippen LogP contribution in [0.15, 0.2) is 12.8 Å². The van der Waals surface area contributed by atoms with Gasteiger partial charge in [0, 0.05) is 6.42 Å². The van der Waals surface area contributed by atoms with Crippen LogP contribution in [0.3, 0.4) is 0 Å². The maximum Gasteiger partial charge on any atom is 0.310 e. The van der Waals surface area contributed by atoms with Crippen LogP contribution in [-0.2, 0) is 14.3 Å². The first-order valence-electron chi connectivity index (χ1n) is 9.56. The van der Waals surface area contributed by atoms with Crippen molar-refractivity contribution in [2.45, 2.75) is 97.8 Å². The van der Waals surface area contributed by atoms with Crippen molar-refractivity contribution in [2.24, 2.45) is 5.92 Å². The molecule has 0 saturated carbocycles. The first-order valence-corrected chi connectivity index (χ1v) is 9.56. The average Bonchev–Trinajstić information content (AvgIpc) is 2.55. The minimum absolute atomic E-state index is 0.111. The van der Waals surface area contributed by atoms with Gasteiger partial charge in [-0.05, 0) is 19.3 Å². The quantitative estimate of drug-likeness (QED) is 0.235. The minimum atomic E-state index is -0.643. The maximum atomic E-state index is 10.9. The van der Waals surface area contributed by atoms with Gasteiger partial charge in [0.15, 0.2) is 0 Å². The fraction of sp³-hybridized carbons (Fsp3) is 0.800. The van der Waals surface area contributed by atoms with Gasteiger partial charge in [-0.2, -0.15) is 0 Å². The van der Waals surface area contributed by atoms with E-state index in [1.807, 2.05) is 6.92 Å². The zero-order chi connectivity index (χ0) is 18.6. The highest BCUT2D eigenvalue weighted by atomic mass is 16.5. The molecule has 0 amide bonds. The smallest absolute Gasteiger partial charge is 0.310 e. The molecule has 1 unspecified atom stereocenters. The molecule has 0 bridgehead atoms. The van der Waals surface area contributed by atoms with Gasteiger partial charge in [0.25, 0.3) is 0 Å². The van der Waals surface area contributed by atoms with E-state index in [1.165, 1.54) is 38.4 Å². The summed E-state index contributed by atoms with van der Waals surface area (Å²) in [5.41, 5.74) is 0. The minimum Gasteiger partial charge on any atom is -0.481 e. The van der Waals surface area contributed by atoms with E-state index in [0.29, 0.717) is 6.42 Å². The van der Waals surface area contributed by atoms with Crippen molar-refractivity contribution in [1.29, 1.82) is 0 Å². The lowest BCUT2D eigenvalue weighted by atomic mass is 10.00. The Morgan fingerprint density at radius 3 is 1.96 bits per heavy atom. The number of ether oxygens (including phenoxy) is 1. The highest BCUT2D eigenvalue weighted by Crippen LogP contribution is 2.12. The lowest BCUT2D eigenvalue weighted by Crippen LogP contribution is -2.11. The Balaban J connectivity index is 0. The second-order valence-electron chi connectivity index (χ2n) is 6.11. The predicted octanol–water partition coefficient (Wildman–Crippen LogP) is 6.10. The molecule has 0 aliphatic rings. The number of hydrogen-bond donors (Lipinski definition) is 1. The van der Waals surface area contributed by atoms with Crippen molar-refractivity contribution in [2.75, 3.05) is 0 Å². The van der Waals surface area contributed by atoms with E-state index in [2.05, 4.69) is 25.2 Å². The van der Waals surface area contributed by atoms with Crippen LogP contribution in [0.2, 0.25) is 0 Å². The number of carbonyl (C=O) groups is 2. The van der Waals surface area contributed by atoms with Crippen molar-refractivity contribution in [3.8, 4) is 0 Å². The van der Waals surface area contributed by atoms with E-state index < -0.39 is 5.97 Å². The molecule has 142 valence electrons. The summed E-state index contributed by atoms with van der Waals surface area (Å²) < 4.78 is 4.61. The Kier molecular flexibility index (Phi) is 20.5. The molecule has 0 aromatic rings. The van der Waals surface area contributed by atoms with Gasteiger partial charge in [0.05, 0.1) is 12.2 Å². The monoisotopic (exact) mass is 342 g/mol. The van der Waals surface area contributed by atoms with E-state index in [-0.39, 0.29) is 11.9 Å². The average molecular weight is 343 g/mol. The van der Waals surface area contributed by atoms with Crippen molar-refractivity contribution >= 4 is 11.9 Å². The van der Waals surface area contributed by atoms with Crippen LogP contribution in [0.5, 0.6) is 0 Å². The van der Waals surface area contributed by atoms with Gasteiger partial charge in [-0.25, -0.2) is 0 Å². The predicted molar refractivity (Wildman–Crippen MR) is 99.8 cm³/mol. The number of hydrogen-bond acceptors (Lipinski definition) is 3. The summed E-state index contributed by atoms with van der Waals surface area (Å²) in [6.45, 7) is 9.55. The number of carbonyl (C=O) groups excluding carboxylic acids is 1. The molecule has 0 rings (SSSR count). The largest absolute Gasteiger partial charge is 0.481 e. The summed E-state index contributed by atoms with van der Waals surface area (Å²) in [5.74, 6) is -0.913. The topological polar surface area (TPSA) is 63.6 Å². The molecule has 0 aliphatic heterocycles. The highest BCUT2D eigenvalue weighted by molar-refractivity contribution is 5.70. The molecule has 0 radical (unpaired) electrons. The molecule has 0 aliphatic carbocycles. The van der Waals surface area contributed by atoms with Gasteiger partial charge >= 0.3 is 11.9 Å². The van der Waals surface area contributed by atoms with E-state index in [4.69, 9.17) is 5.11 Å². The van der Waals surface area contributed by atoms with Gasteiger partial charge in [0.2, 0.25) is 0 Å². The van der Waals surface area contributed by atoms with Crippen molar-refractivity contribution in [3.05, 3.63) is 12.8 Å². The van der Waals surface area contributed by atoms with Crippen LogP contribution in [-0.4, -0.2) is 17.0 Å². The van der Waals surface area contributed by atoms with Crippen molar-refractivity contribution < 1.29 is 19.4 Å². The molecule has 1 N–H and O–H groups in total. The molecule has 4 nitrogen and oxygen atoms in total. The lowest BCUT2D eigenvalue weighted by molar-refractivity contribution is -0.142. The van der Waals surface area contributed by atoms with Crippen LogP contribution in [0.4, 0.5) is 0 Å². The van der Waals surface area contributed by atoms with E-state index in [1.54, 1.807) is 0 Å². The van der Waals surface area contributed by atoms with Crippen molar-refractivity contribution in [3.63, 3.8) is 0 Å². The van der Waals surface area contributed by atoms with Gasteiger partial charge in [0.1, 0.15) is 0 Å². The summed E-state index contributed by atoms with van der Waals surface area (Å²) in [4.78, 5) is 21.3. The van der Waals surface area contributed by atoms with E-state index >= 15 is 0 Å². The standard InChI is InChI=1S/C12H22O2.C8H16O2/c1-3-5-6-7-8-9-10-11-12(13)14-4-2;1-3-5-6-7(4-2)8(9)10/h4H,2-3,5-11H2,1H3;7H,3-6H2,1-2H3,(H,9,10). The molecule has 0 aromatic heterocycles. The molecule has 0 saturated heterocycles. The summed E-state index contributed by atoms with van der Waals surface area (Å²) >= 11 is 0. The van der Waals surface area contributed by atoms with Gasteiger partial charge in [-0.1, -0.05) is 78.7 Å². The molecular weight excluding hydrogens is 304 g/mol. The van der Waals surface area contributed by atoms with Gasteiger partial charge < -0.3 is 9.84 Å². The Hall–Kier alpha value is -1.32. The Bertz CT molecular complexity index is 313. The summed E-state index contributed by atoms with van der Waals surface area (Å²) in [5, 5.41) is 8.60. The third-order valence-corrected chi connectivity index (χ3v) is 3.95. The number of carboxylic acids is 1. The number of unbranched alkanes of at least 4 members (excludes halogenated alkanes) is 7. The third-order valence-electron chi connectivity index (χ3n) is 3.95. The Morgan fingerprint density at radius 1 is 0.958 bits per heavy atom. The van der Waals surface area contributed by atoms with E-state index in [9.17, 15) is 9.59 Å². The molecule has 0 heterocycles. The summed E-state index contributed by atoms with van der Waals surface area (Å²) in [7, 11) is 0. The molecular formula is C20H38O4. The van der Waals surface area contributed by atoms with E-state index in [0.717, 1.165) is 38.5 Å². The Morgan fingerprint density at radius 2 is 1.50 bits per heavy atom. The normalized spacial score (nSPS) is 11.1. The molecule has 0 spiro atoms. The Labute approximate surface area is 148 Å². The third kappa shape index (κ3) is 18.7. The molecule has 1 atom stereocenters. The fourth-order valence-corrected chi connectivity index (χ4v) is 2.33. The maximum absolute atomic E-state index is 10.9. The summed E-state index contributed by atoms with van der Waals surface area (Å²) in [6.07, 6.45) is 14.0. The highest BCUT2D eigenvalue weighted by Gasteiger charge is 2.12. The van der Waals surface area contributed by atoms with Crippen LogP contribution >= 0.6 is 0 Å². The van der Waals surface area contributed by atoms with Crippen LogP contribution in [0.25, 0.3) is 0 Å². The molecule has 0 fully saturated rings. The van der Waals surface area contributed by atoms with Gasteiger partial charge in [-0.3, -0.25) is 9.59 Å². The zero-order valence-electron chi connectivity index (χ0n) is 16.0. The number of aliphatic carboxylic acids is 1. The number of carboxylic acid groups (broad SMARTS) is 1. The van der Waals surface area contributed by atoms with Crippen LogP contribution in [0.1, 0.15) is 97.8 Å². The lowest BCUT2D eigenvalue weighted by Gasteiger charge is -2.06. The van der Waals surface area contributed by atoms with Crippen molar-refractivity contribution in [1.82, 2.24) is 0 Å². The zero-order valence-corrected chi connectivity index (χ0v) is 16.0. The SMILES string of the molecule is C=COC(=O)CCCCCCCCC.CCCCC(CC)C(=O)O. The molecule has 24 heavy (non-hydrogen) atoms.